The highest BCUT2D eigenvalue weighted by Gasteiger charge is 2.27. The molecule has 0 saturated heterocycles. The van der Waals surface area contributed by atoms with E-state index in [0.29, 0.717) is 22.0 Å². The average molecular weight is 372 g/mol. The molecule has 0 unspecified atom stereocenters. The van der Waals surface area contributed by atoms with Crippen LogP contribution in [-0.4, -0.2) is 23.8 Å². The Labute approximate surface area is 155 Å². The van der Waals surface area contributed by atoms with Crippen molar-refractivity contribution in [2.75, 3.05) is 10.6 Å². The van der Waals surface area contributed by atoms with Gasteiger partial charge in [0.15, 0.2) is 0 Å². The van der Waals surface area contributed by atoms with E-state index in [1.54, 1.807) is 36.4 Å². The molecule has 0 aromatic heterocycles. The van der Waals surface area contributed by atoms with E-state index in [9.17, 15) is 14.4 Å². The average Bonchev–Trinajstić information content (AvgIpc) is 2.72. The molecule has 0 aliphatic carbocycles. The Morgan fingerprint density at radius 2 is 1.96 bits per heavy atom. The summed E-state index contributed by atoms with van der Waals surface area (Å²) in [4.78, 5) is 36.7. The van der Waals surface area contributed by atoms with Gasteiger partial charge in [-0.2, -0.15) is 0 Å². The fourth-order valence-corrected chi connectivity index (χ4v) is 3.01. The van der Waals surface area contributed by atoms with Crippen molar-refractivity contribution in [1.82, 2.24) is 5.32 Å². The highest BCUT2D eigenvalue weighted by atomic mass is 35.5. The fourth-order valence-electron chi connectivity index (χ4n) is 2.72. The van der Waals surface area contributed by atoms with Crippen molar-refractivity contribution in [3.63, 3.8) is 0 Å². The van der Waals surface area contributed by atoms with Gasteiger partial charge in [-0.25, -0.2) is 0 Å². The molecule has 3 N–H and O–H groups in total. The number of fused-ring (bicyclic) bond motifs is 1. The van der Waals surface area contributed by atoms with E-state index in [2.05, 4.69) is 16.0 Å². The Bertz CT molecular complexity index is 882. The summed E-state index contributed by atoms with van der Waals surface area (Å²) in [7, 11) is 0. The molecule has 0 spiro atoms. The predicted molar refractivity (Wildman–Crippen MR) is 100 cm³/mol. The topological polar surface area (TPSA) is 87.3 Å². The van der Waals surface area contributed by atoms with Crippen LogP contribution in [0.15, 0.2) is 42.5 Å². The van der Waals surface area contributed by atoms with Crippen LogP contribution in [0.4, 0.5) is 11.4 Å². The second kappa shape index (κ2) is 7.58. The highest BCUT2D eigenvalue weighted by Crippen LogP contribution is 2.23. The van der Waals surface area contributed by atoms with Crippen molar-refractivity contribution in [2.45, 2.75) is 25.8 Å². The number of amides is 3. The zero-order valence-electron chi connectivity index (χ0n) is 14.1. The number of carbonyl (C=O) groups is 3. The van der Waals surface area contributed by atoms with Crippen LogP contribution < -0.4 is 16.0 Å². The molecule has 2 aromatic carbocycles. The summed E-state index contributed by atoms with van der Waals surface area (Å²) >= 11 is 6.10. The normalized spacial score (nSPS) is 16.2. The van der Waals surface area contributed by atoms with Gasteiger partial charge in [-0.1, -0.05) is 29.8 Å². The van der Waals surface area contributed by atoms with Gasteiger partial charge < -0.3 is 16.0 Å². The number of para-hydroxylation sites is 1. The van der Waals surface area contributed by atoms with Crippen LogP contribution >= 0.6 is 11.6 Å². The van der Waals surface area contributed by atoms with E-state index < -0.39 is 6.04 Å². The largest absolute Gasteiger partial charge is 0.340 e. The first-order valence-corrected chi connectivity index (χ1v) is 8.58. The fraction of sp³-hybridized carbons (Fsp3) is 0.211. The molecule has 1 aliphatic rings. The van der Waals surface area contributed by atoms with Crippen LogP contribution in [0, 0.1) is 6.92 Å². The van der Waals surface area contributed by atoms with Crippen LogP contribution in [-0.2, 0) is 9.59 Å². The third-order valence-corrected chi connectivity index (χ3v) is 4.42. The Balaban J connectivity index is 1.61. The zero-order chi connectivity index (χ0) is 18.7. The smallest absolute Gasteiger partial charge is 0.254 e. The molecule has 0 fully saturated rings. The minimum atomic E-state index is -0.783. The molecule has 134 valence electrons. The molecular formula is C19H18ClN3O3. The molecule has 0 saturated carbocycles. The molecule has 3 amide bonds. The summed E-state index contributed by atoms with van der Waals surface area (Å²) in [5.41, 5.74) is 2.38. The Morgan fingerprint density at radius 1 is 1.19 bits per heavy atom. The highest BCUT2D eigenvalue weighted by molar-refractivity contribution is 6.33. The molecule has 7 heteroatoms. The first-order chi connectivity index (χ1) is 12.4. The lowest BCUT2D eigenvalue weighted by molar-refractivity contribution is -0.118. The van der Waals surface area contributed by atoms with E-state index in [4.69, 9.17) is 11.6 Å². The molecule has 0 radical (unpaired) electrons. The van der Waals surface area contributed by atoms with Crippen LogP contribution in [0.1, 0.15) is 28.8 Å². The van der Waals surface area contributed by atoms with E-state index in [1.807, 2.05) is 13.0 Å². The van der Waals surface area contributed by atoms with Crippen molar-refractivity contribution in [3.05, 3.63) is 58.6 Å². The number of halogens is 1. The molecular weight excluding hydrogens is 354 g/mol. The summed E-state index contributed by atoms with van der Waals surface area (Å²) in [6.45, 7) is 1.91. The predicted octanol–water partition coefficient (Wildman–Crippen LogP) is 3.12. The number of carbonyl (C=O) groups excluding carboxylic acids is 3. The van der Waals surface area contributed by atoms with Gasteiger partial charge in [0, 0.05) is 6.42 Å². The van der Waals surface area contributed by atoms with Gasteiger partial charge in [-0.3, -0.25) is 14.4 Å². The summed E-state index contributed by atoms with van der Waals surface area (Å²) in [5, 5.41) is 8.56. The number of nitrogens with one attached hydrogen (secondary N) is 3. The zero-order valence-corrected chi connectivity index (χ0v) is 14.9. The lowest BCUT2D eigenvalue weighted by Crippen LogP contribution is -2.41. The van der Waals surface area contributed by atoms with E-state index in [-0.39, 0.29) is 30.6 Å². The summed E-state index contributed by atoms with van der Waals surface area (Å²) < 4.78 is 0. The van der Waals surface area contributed by atoms with E-state index in [1.165, 1.54) is 0 Å². The molecule has 0 bridgehead atoms. The van der Waals surface area contributed by atoms with Crippen LogP contribution in [0.2, 0.25) is 5.02 Å². The van der Waals surface area contributed by atoms with Crippen LogP contribution in [0.5, 0.6) is 0 Å². The number of rotatable bonds is 4. The van der Waals surface area contributed by atoms with E-state index in [0.717, 1.165) is 5.56 Å². The Hall–Kier alpha value is -2.86. The number of benzene rings is 2. The number of aryl methyl sites for hydroxylation is 1. The third-order valence-electron chi connectivity index (χ3n) is 4.11. The SMILES string of the molecule is Cc1ccc(NC(=O)CC[C@@H]2NC(=O)c3ccccc3NC2=O)c(Cl)c1. The molecule has 1 atom stereocenters. The minimum absolute atomic E-state index is 0.0684. The van der Waals surface area contributed by atoms with Crippen molar-refractivity contribution in [2.24, 2.45) is 0 Å². The van der Waals surface area contributed by atoms with Gasteiger partial charge in [0.05, 0.1) is 22.0 Å². The van der Waals surface area contributed by atoms with Gasteiger partial charge in [-0.15, -0.1) is 0 Å². The third kappa shape index (κ3) is 4.03. The first-order valence-electron chi connectivity index (χ1n) is 8.21. The van der Waals surface area contributed by atoms with Crippen molar-refractivity contribution >= 4 is 40.7 Å². The van der Waals surface area contributed by atoms with Gasteiger partial charge in [0.2, 0.25) is 11.8 Å². The standard InChI is InChI=1S/C19H18ClN3O3/c1-11-6-7-15(13(20)10-11)21-17(24)9-8-16-19(26)22-14-5-3-2-4-12(14)18(25)23-16/h2-7,10,16H,8-9H2,1H3,(H,21,24)(H,22,26)(H,23,25)/t16-/m0/s1. The second-order valence-electron chi connectivity index (χ2n) is 6.13. The molecule has 1 heterocycles. The molecule has 3 rings (SSSR count). The van der Waals surface area contributed by atoms with Gasteiger partial charge >= 0.3 is 0 Å². The Morgan fingerprint density at radius 3 is 2.73 bits per heavy atom. The monoisotopic (exact) mass is 371 g/mol. The number of hydrogen-bond donors (Lipinski definition) is 3. The van der Waals surface area contributed by atoms with Crippen molar-refractivity contribution < 1.29 is 14.4 Å². The number of hydrogen-bond acceptors (Lipinski definition) is 3. The summed E-state index contributed by atoms with van der Waals surface area (Å²) in [5.74, 6) is -0.963. The summed E-state index contributed by atoms with van der Waals surface area (Å²) in [6, 6.07) is 11.3. The second-order valence-corrected chi connectivity index (χ2v) is 6.54. The molecule has 26 heavy (non-hydrogen) atoms. The molecule has 2 aromatic rings. The first kappa shape index (κ1) is 17.9. The van der Waals surface area contributed by atoms with Gasteiger partial charge in [-0.05, 0) is 43.2 Å². The lowest BCUT2D eigenvalue weighted by Gasteiger charge is -2.14. The van der Waals surface area contributed by atoms with Crippen molar-refractivity contribution in [3.8, 4) is 0 Å². The Kier molecular flexibility index (Phi) is 5.23. The van der Waals surface area contributed by atoms with Crippen LogP contribution in [0.3, 0.4) is 0 Å². The maximum Gasteiger partial charge on any atom is 0.254 e. The van der Waals surface area contributed by atoms with Gasteiger partial charge in [0.25, 0.3) is 5.91 Å². The number of anilines is 2. The minimum Gasteiger partial charge on any atom is -0.340 e. The van der Waals surface area contributed by atoms with Crippen molar-refractivity contribution in [1.29, 1.82) is 0 Å². The molecule has 6 nitrogen and oxygen atoms in total. The molecule has 1 aliphatic heterocycles. The maximum absolute atomic E-state index is 12.3. The maximum atomic E-state index is 12.3. The van der Waals surface area contributed by atoms with Crippen LogP contribution in [0.25, 0.3) is 0 Å². The van der Waals surface area contributed by atoms with E-state index >= 15 is 0 Å². The van der Waals surface area contributed by atoms with Gasteiger partial charge in [0.1, 0.15) is 6.04 Å². The lowest BCUT2D eigenvalue weighted by atomic mass is 10.1. The quantitative estimate of drug-likeness (QED) is 0.771. The summed E-state index contributed by atoms with van der Waals surface area (Å²) in [6.07, 6.45) is 0.250.